The number of hydrogen-bond acceptors (Lipinski definition) is 3. The van der Waals surface area contributed by atoms with Gasteiger partial charge in [-0.2, -0.15) is 0 Å². The summed E-state index contributed by atoms with van der Waals surface area (Å²) in [6.07, 6.45) is -0.173. The van der Waals surface area contributed by atoms with Crippen LogP contribution in [0, 0.1) is 0 Å². The Balaban J connectivity index is 2.44. The Kier molecular flexibility index (Phi) is 6.48. The minimum absolute atomic E-state index is 0.0565. The van der Waals surface area contributed by atoms with Crippen molar-refractivity contribution >= 4 is 29.5 Å². The van der Waals surface area contributed by atoms with E-state index in [0.717, 1.165) is 5.56 Å². The number of nitrogens with one attached hydrogen (secondary N) is 2. The van der Waals surface area contributed by atoms with Crippen LogP contribution in [-0.2, 0) is 16.1 Å². The molecule has 0 aliphatic rings. The van der Waals surface area contributed by atoms with Gasteiger partial charge < -0.3 is 21.5 Å². The normalized spacial score (nSPS) is 11.5. The first-order valence-corrected chi connectivity index (χ1v) is 6.56. The van der Waals surface area contributed by atoms with Crippen LogP contribution in [0.25, 0.3) is 0 Å². The molecule has 0 spiro atoms. The molecule has 0 heterocycles. The van der Waals surface area contributed by atoms with Crippen molar-refractivity contribution in [1.29, 1.82) is 0 Å². The highest BCUT2D eigenvalue weighted by molar-refractivity contribution is 6.30. The third-order valence-corrected chi connectivity index (χ3v) is 2.90. The third-order valence-electron chi connectivity index (χ3n) is 2.65. The van der Waals surface area contributed by atoms with Gasteiger partial charge in [-0.15, -0.1) is 0 Å². The molecule has 0 aromatic heterocycles. The molecule has 0 saturated carbocycles. The third kappa shape index (κ3) is 6.62. The van der Waals surface area contributed by atoms with Crippen LogP contribution in [0.4, 0.5) is 4.79 Å². The Hall–Kier alpha value is -2.28. The lowest BCUT2D eigenvalue weighted by Crippen LogP contribution is -2.46. The van der Waals surface area contributed by atoms with Crippen molar-refractivity contribution in [2.45, 2.75) is 25.4 Å². The van der Waals surface area contributed by atoms with Crippen LogP contribution in [-0.4, -0.2) is 29.1 Å². The highest BCUT2D eigenvalue weighted by Crippen LogP contribution is 2.09. The molecule has 5 N–H and O–H groups in total. The van der Waals surface area contributed by atoms with Crippen molar-refractivity contribution < 1.29 is 19.5 Å². The quantitative estimate of drug-likeness (QED) is 0.596. The number of halogens is 1. The first-order valence-electron chi connectivity index (χ1n) is 6.18. The zero-order valence-electron chi connectivity index (χ0n) is 11.1. The average Bonchev–Trinajstić information content (AvgIpc) is 2.42. The minimum Gasteiger partial charge on any atom is -0.480 e. The van der Waals surface area contributed by atoms with E-state index in [9.17, 15) is 14.4 Å². The molecule has 114 valence electrons. The van der Waals surface area contributed by atoms with Gasteiger partial charge in [0.1, 0.15) is 6.04 Å². The van der Waals surface area contributed by atoms with Gasteiger partial charge in [0.05, 0.1) is 0 Å². The number of benzene rings is 1. The summed E-state index contributed by atoms with van der Waals surface area (Å²) in [5.74, 6) is -1.84. The first-order chi connectivity index (χ1) is 9.88. The summed E-state index contributed by atoms with van der Waals surface area (Å²) in [6, 6.07) is 5.05. The molecule has 21 heavy (non-hydrogen) atoms. The van der Waals surface area contributed by atoms with Crippen LogP contribution in [0.5, 0.6) is 0 Å². The molecule has 0 fully saturated rings. The van der Waals surface area contributed by atoms with Crippen LogP contribution in [0.3, 0.4) is 0 Å². The largest absolute Gasteiger partial charge is 0.480 e. The lowest BCUT2D eigenvalue weighted by molar-refractivity contribution is -0.139. The molecule has 0 aliphatic heterocycles. The summed E-state index contributed by atoms with van der Waals surface area (Å²) in [5.41, 5.74) is 5.77. The summed E-state index contributed by atoms with van der Waals surface area (Å²) in [7, 11) is 0. The molecule has 0 aliphatic carbocycles. The van der Waals surface area contributed by atoms with Gasteiger partial charge in [-0.05, 0) is 24.1 Å². The number of primary amides is 1. The number of carbonyl (C=O) groups excluding carboxylic acids is 2. The smallest absolute Gasteiger partial charge is 0.326 e. The number of hydrogen-bond donors (Lipinski definition) is 4. The van der Waals surface area contributed by atoms with E-state index in [1.165, 1.54) is 0 Å². The van der Waals surface area contributed by atoms with E-state index in [1.54, 1.807) is 24.3 Å². The van der Waals surface area contributed by atoms with Crippen molar-refractivity contribution in [3.05, 3.63) is 34.9 Å². The van der Waals surface area contributed by atoms with Crippen LogP contribution in [0.1, 0.15) is 18.4 Å². The molecule has 8 heteroatoms. The molecule has 1 aromatic rings. The lowest BCUT2D eigenvalue weighted by Gasteiger charge is -2.14. The van der Waals surface area contributed by atoms with Gasteiger partial charge in [-0.3, -0.25) is 4.79 Å². The first kappa shape index (κ1) is 16.8. The minimum atomic E-state index is -1.22. The lowest BCUT2D eigenvalue weighted by atomic mass is 10.1. The maximum Gasteiger partial charge on any atom is 0.326 e. The average molecular weight is 314 g/mol. The second-order valence-corrected chi connectivity index (χ2v) is 4.79. The van der Waals surface area contributed by atoms with Gasteiger partial charge in [0.15, 0.2) is 0 Å². The molecule has 1 rings (SSSR count). The zero-order valence-corrected chi connectivity index (χ0v) is 11.9. The molecular formula is C13H16ClN3O4. The fourth-order valence-corrected chi connectivity index (χ4v) is 1.66. The van der Waals surface area contributed by atoms with Gasteiger partial charge in [-0.25, -0.2) is 9.59 Å². The summed E-state index contributed by atoms with van der Waals surface area (Å²) in [5, 5.41) is 14.3. The number of carboxylic acid groups (broad SMARTS) is 1. The van der Waals surface area contributed by atoms with Gasteiger partial charge in [0.25, 0.3) is 0 Å². The molecule has 0 saturated heterocycles. The van der Waals surface area contributed by atoms with Crippen LogP contribution in [0.2, 0.25) is 5.02 Å². The van der Waals surface area contributed by atoms with E-state index in [4.69, 9.17) is 22.4 Å². The monoisotopic (exact) mass is 313 g/mol. The predicted molar refractivity (Wildman–Crippen MR) is 76.7 cm³/mol. The maximum absolute atomic E-state index is 11.6. The summed E-state index contributed by atoms with van der Waals surface area (Å²) in [6.45, 7) is 0.227. The van der Waals surface area contributed by atoms with Crippen molar-refractivity contribution in [1.82, 2.24) is 10.6 Å². The molecule has 0 unspecified atom stereocenters. The summed E-state index contributed by atoms with van der Waals surface area (Å²) >= 11 is 5.74. The summed E-state index contributed by atoms with van der Waals surface area (Å²) in [4.78, 5) is 33.2. The van der Waals surface area contributed by atoms with Gasteiger partial charge in [-0.1, -0.05) is 23.7 Å². The zero-order chi connectivity index (χ0) is 15.8. The van der Waals surface area contributed by atoms with Crippen molar-refractivity contribution in [3.63, 3.8) is 0 Å². The second kappa shape index (κ2) is 8.11. The van der Waals surface area contributed by atoms with Crippen molar-refractivity contribution in [2.24, 2.45) is 5.73 Å². The van der Waals surface area contributed by atoms with Gasteiger partial charge in [0.2, 0.25) is 5.91 Å². The molecule has 0 radical (unpaired) electrons. The Bertz CT molecular complexity index is 519. The number of nitrogens with two attached hydrogens (primary N) is 1. The Morgan fingerprint density at radius 1 is 1.24 bits per heavy atom. The summed E-state index contributed by atoms with van der Waals surface area (Å²) < 4.78 is 0. The van der Waals surface area contributed by atoms with Crippen molar-refractivity contribution in [2.75, 3.05) is 0 Å². The second-order valence-electron chi connectivity index (χ2n) is 4.35. The molecule has 7 nitrogen and oxygen atoms in total. The Labute approximate surface area is 126 Å². The maximum atomic E-state index is 11.6. The van der Waals surface area contributed by atoms with Crippen LogP contribution in [0.15, 0.2) is 24.3 Å². The predicted octanol–water partition coefficient (Wildman–Crippen LogP) is 0.858. The molecule has 3 amide bonds. The topological polar surface area (TPSA) is 122 Å². The van der Waals surface area contributed by atoms with Gasteiger partial charge >= 0.3 is 12.0 Å². The number of carboxylic acids is 1. The SMILES string of the molecule is NC(=O)CC[C@H](NC(=O)NCc1ccc(Cl)cc1)C(=O)O. The van der Waals surface area contributed by atoms with E-state index in [-0.39, 0.29) is 19.4 Å². The number of urea groups is 1. The molecule has 0 bridgehead atoms. The number of carbonyl (C=O) groups is 3. The van der Waals surface area contributed by atoms with E-state index < -0.39 is 23.9 Å². The van der Waals surface area contributed by atoms with E-state index in [0.29, 0.717) is 5.02 Å². The molecular weight excluding hydrogens is 298 g/mol. The van der Waals surface area contributed by atoms with E-state index in [2.05, 4.69) is 10.6 Å². The van der Waals surface area contributed by atoms with Crippen LogP contribution >= 0.6 is 11.6 Å². The van der Waals surface area contributed by atoms with Crippen LogP contribution < -0.4 is 16.4 Å². The Morgan fingerprint density at radius 3 is 2.38 bits per heavy atom. The number of rotatable bonds is 7. The molecule has 1 atom stereocenters. The van der Waals surface area contributed by atoms with E-state index >= 15 is 0 Å². The molecule has 1 aromatic carbocycles. The van der Waals surface area contributed by atoms with Crippen molar-refractivity contribution in [3.8, 4) is 0 Å². The number of amides is 3. The highest BCUT2D eigenvalue weighted by atomic mass is 35.5. The Morgan fingerprint density at radius 2 is 1.86 bits per heavy atom. The highest BCUT2D eigenvalue weighted by Gasteiger charge is 2.20. The fourth-order valence-electron chi connectivity index (χ4n) is 1.54. The standard InChI is InChI=1S/C13H16ClN3O4/c14-9-3-1-8(2-4-9)7-16-13(21)17-10(12(19)20)5-6-11(15)18/h1-4,10H,5-7H2,(H2,15,18)(H,19,20)(H2,16,17,21)/t10-/m0/s1. The van der Waals surface area contributed by atoms with E-state index in [1.807, 2.05) is 0 Å². The number of aliphatic carboxylic acids is 1. The fraction of sp³-hybridized carbons (Fsp3) is 0.308. The van der Waals surface area contributed by atoms with Gasteiger partial charge in [0, 0.05) is 18.0 Å².